The van der Waals surface area contributed by atoms with Crippen LogP contribution in [0.5, 0.6) is 0 Å². The Morgan fingerprint density at radius 2 is 1.77 bits per heavy atom. The smallest absolute Gasteiger partial charge is 0.686 e. The molecule has 0 aliphatic rings. The second-order valence-electron chi connectivity index (χ2n) is 2.40. The van der Waals surface area contributed by atoms with E-state index >= 15 is 0 Å². The van der Waals surface area contributed by atoms with Crippen LogP contribution in [-0.2, 0) is 18.6 Å². The van der Waals surface area contributed by atoms with Crippen LogP contribution in [0.25, 0.3) is 10.6 Å². The first-order chi connectivity index (χ1) is 5.83. The molecule has 0 aliphatic heterocycles. The van der Waals surface area contributed by atoms with E-state index in [1.165, 1.54) is 12.1 Å². The number of hydrogen-bond donors (Lipinski definition) is 0. The summed E-state index contributed by atoms with van der Waals surface area (Å²) >= 11 is 0. The minimum absolute atomic E-state index is 0. The van der Waals surface area contributed by atoms with Crippen molar-refractivity contribution in [2.24, 2.45) is 0 Å². The zero-order chi connectivity index (χ0) is 8.81. The molecule has 13 heavy (non-hydrogen) atoms. The third kappa shape index (κ3) is 4.93. The summed E-state index contributed by atoms with van der Waals surface area (Å²) in [6.07, 6.45) is 0. The number of likely N-dealkylation sites (N-methyl/N-ethyl adjacent to an activating group) is 1. The van der Waals surface area contributed by atoms with Gasteiger partial charge in [-0.05, 0) is 12.1 Å². The van der Waals surface area contributed by atoms with Gasteiger partial charge in [0.05, 0.1) is 0 Å². The van der Waals surface area contributed by atoms with Gasteiger partial charge in [-0.3, -0.25) is 0 Å². The predicted molar refractivity (Wildman–Crippen MR) is 48.4 cm³/mol. The summed E-state index contributed by atoms with van der Waals surface area (Å²) in [6, 6.07) is 6.12. The molecular formula is C9H11FN2V. The van der Waals surface area contributed by atoms with E-state index in [0.717, 1.165) is 12.2 Å². The van der Waals surface area contributed by atoms with Gasteiger partial charge >= 0.3 is 18.6 Å². The van der Waals surface area contributed by atoms with E-state index in [-0.39, 0.29) is 24.4 Å². The molecule has 0 unspecified atom stereocenters. The molecule has 0 aromatic heterocycles. The molecule has 0 saturated heterocycles. The van der Waals surface area contributed by atoms with E-state index in [9.17, 15) is 4.39 Å². The van der Waals surface area contributed by atoms with E-state index in [0.29, 0.717) is 6.54 Å². The molecule has 4 heteroatoms. The molecule has 2 nitrogen and oxygen atoms in total. The molecule has 0 aliphatic carbocycles. The van der Waals surface area contributed by atoms with Crippen molar-refractivity contribution in [1.29, 1.82) is 0 Å². The number of nitrogens with zero attached hydrogens (tertiary/aromatic N) is 2. The van der Waals surface area contributed by atoms with E-state index in [4.69, 9.17) is 0 Å². The second kappa shape index (κ2) is 6.95. The molecule has 1 aromatic carbocycles. The number of benzene rings is 1. The average molecular weight is 217 g/mol. The average Bonchev–Trinajstić information content (AvgIpc) is 2.09. The Hall–Kier alpha value is -0.506. The minimum Gasteiger partial charge on any atom is -0.686 e. The fourth-order valence-corrected chi connectivity index (χ4v) is 0.826. The molecule has 0 atom stereocenters. The second-order valence-corrected chi connectivity index (χ2v) is 2.40. The van der Waals surface area contributed by atoms with Crippen LogP contribution < -0.4 is 0 Å². The summed E-state index contributed by atoms with van der Waals surface area (Å²) in [7, 11) is 1.75. The van der Waals surface area contributed by atoms with Gasteiger partial charge in [-0.1, -0.05) is 12.1 Å². The predicted octanol–water partition coefficient (Wildman–Crippen LogP) is 2.83. The van der Waals surface area contributed by atoms with E-state index < -0.39 is 0 Å². The van der Waals surface area contributed by atoms with Crippen molar-refractivity contribution in [3.05, 3.63) is 40.7 Å². The Labute approximate surface area is 89.8 Å². The van der Waals surface area contributed by atoms with Crippen LogP contribution in [0.2, 0.25) is 0 Å². The Morgan fingerprint density at radius 1 is 1.15 bits per heavy atom. The van der Waals surface area contributed by atoms with Crippen molar-refractivity contribution < 1.29 is 22.9 Å². The Bertz CT molecular complexity index is 226. The summed E-state index contributed by atoms with van der Waals surface area (Å²) in [5, 5.41) is 8.08. The SMILES string of the molecule is C[N-]CC[N-]c1ccc(F)cc1.[V+2]. The standard InChI is InChI=1S/C9H11FN2.V/c1-11-6-7-12-9-4-2-8(10)3-5-9;/h2-5H,6-7H2,1H3;/q-2;+2. The summed E-state index contributed by atoms with van der Waals surface area (Å²) < 4.78 is 12.4. The van der Waals surface area contributed by atoms with Gasteiger partial charge < -0.3 is 10.6 Å². The fourth-order valence-electron chi connectivity index (χ4n) is 0.826. The Kier molecular flexibility index (Phi) is 6.68. The third-order valence-corrected chi connectivity index (χ3v) is 1.44. The molecule has 0 heterocycles. The molecule has 69 valence electrons. The topological polar surface area (TPSA) is 28.2 Å². The zero-order valence-corrected chi connectivity index (χ0v) is 8.84. The molecule has 0 N–H and O–H groups in total. The summed E-state index contributed by atoms with van der Waals surface area (Å²) in [5.74, 6) is -0.228. The maximum absolute atomic E-state index is 12.4. The van der Waals surface area contributed by atoms with Gasteiger partial charge in [-0.15, -0.1) is 5.69 Å². The number of rotatable bonds is 4. The van der Waals surface area contributed by atoms with E-state index in [2.05, 4.69) is 10.6 Å². The van der Waals surface area contributed by atoms with Crippen molar-refractivity contribution in [3.8, 4) is 0 Å². The first-order valence-corrected chi connectivity index (χ1v) is 3.81. The first kappa shape index (κ1) is 12.5. The number of hydrogen-bond acceptors (Lipinski definition) is 0. The van der Waals surface area contributed by atoms with Crippen molar-refractivity contribution in [2.45, 2.75) is 0 Å². The maximum Gasteiger partial charge on any atom is 2.00 e. The summed E-state index contributed by atoms with van der Waals surface area (Å²) in [6.45, 7) is 1.39. The number of halogens is 1. The van der Waals surface area contributed by atoms with Gasteiger partial charge in [-0.25, -0.2) is 4.39 Å². The van der Waals surface area contributed by atoms with Crippen LogP contribution in [0.4, 0.5) is 10.1 Å². The first-order valence-electron chi connectivity index (χ1n) is 3.81. The van der Waals surface area contributed by atoms with E-state index in [1.54, 1.807) is 19.2 Å². The van der Waals surface area contributed by atoms with Crippen LogP contribution >= 0.6 is 0 Å². The molecule has 0 amide bonds. The van der Waals surface area contributed by atoms with Crippen LogP contribution in [0.3, 0.4) is 0 Å². The molecule has 0 fully saturated rings. The van der Waals surface area contributed by atoms with Gasteiger partial charge in [0.2, 0.25) is 0 Å². The van der Waals surface area contributed by atoms with Crippen LogP contribution in [0, 0.1) is 5.82 Å². The van der Waals surface area contributed by atoms with Gasteiger partial charge in [0.15, 0.2) is 0 Å². The van der Waals surface area contributed by atoms with Gasteiger partial charge in [0, 0.05) is 0 Å². The third-order valence-electron chi connectivity index (χ3n) is 1.44. The molecule has 0 bridgehead atoms. The summed E-state index contributed by atoms with van der Waals surface area (Å²) in [5.41, 5.74) is 0.806. The minimum atomic E-state index is -0.228. The largest absolute Gasteiger partial charge is 2.00 e. The van der Waals surface area contributed by atoms with Crippen LogP contribution in [-0.4, -0.2) is 20.1 Å². The van der Waals surface area contributed by atoms with Gasteiger partial charge in [-0.2, -0.15) is 20.1 Å². The van der Waals surface area contributed by atoms with Gasteiger partial charge in [0.25, 0.3) is 0 Å². The normalized spacial score (nSPS) is 9.08. The van der Waals surface area contributed by atoms with Crippen LogP contribution in [0.1, 0.15) is 0 Å². The Morgan fingerprint density at radius 3 is 2.31 bits per heavy atom. The van der Waals surface area contributed by atoms with E-state index in [1.807, 2.05) is 0 Å². The van der Waals surface area contributed by atoms with Crippen molar-refractivity contribution in [3.63, 3.8) is 0 Å². The van der Waals surface area contributed by atoms with Crippen LogP contribution in [0.15, 0.2) is 24.3 Å². The van der Waals surface area contributed by atoms with Gasteiger partial charge in [0.1, 0.15) is 5.82 Å². The van der Waals surface area contributed by atoms with Crippen molar-refractivity contribution >= 4 is 5.69 Å². The molecular weight excluding hydrogens is 206 g/mol. The molecule has 0 spiro atoms. The quantitative estimate of drug-likeness (QED) is 0.694. The molecule has 1 rings (SSSR count). The maximum atomic E-state index is 12.4. The fraction of sp³-hybridized carbons (Fsp3) is 0.333. The molecule has 1 radical (unpaired) electrons. The molecule has 1 aromatic rings. The zero-order valence-electron chi connectivity index (χ0n) is 7.44. The van der Waals surface area contributed by atoms with Crippen molar-refractivity contribution in [1.82, 2.24) is 0 Å². The summed E-state index contributed by atoms with van der Waals surface area (Å²) in [4.78, 5) is 0. The molecule has 0 saturated carbocycles. The monoisotopic (exact) mass is 217 g/mol. The Balaban J connectivity index is 0.00000144. The van der Waals surface area contributed by atoms with Crippen molar-refractivity contribution in [2.75, 3.05) is 20.1 Å².